The Kier molecular flexibility index (Phi) is 3.88. The number of thiophene rings is 1. The number of likely N-dealkylation sites (tertiary alicyclic amines) is 1. The number of hydrogen-bond acceptors (Lipinski definition) is 5. The van der Waals surface area contributed by atoms with Crippen molar-refractivity contribution in [3.05, 3.63) is 33.0 Å². The number of rotatable bonds is 3. The van der Waals surface area contributed by atoms with Crippen LogP contribution in [-0.4, -0.2) is 45.0 Å². The lowest BCUT2D eigenvalue weighted by molar-refractivity contribution is -0.121. The third-order valence-corrected chi connectivity index (χ3v) is 4.92. The summed E-state index contributed by atoms with van der Waals surface area (Å²) in [5, 5.41) is 6.85. The summed E-state index contributed by atoms with van der Waals surface area (Å²) < 4.78 is 0.551. The minimum Gasteiger partial charge on any atom is -0.369 e. The van der Waals surface area contributed by atoms with Gasteiger partial charge in [0.15, 0.2) is 5.82 Å². The Balaban J connectivity index is 1.84. The first-order valence-electron chi connectivity index (χ1n) is 6.68. The predicted octanol–water partition coefficient (Wildman–Crippen LogP) is 1.17. The van der Waals surface area contributed by atoms with Crippen LogP contribution < -0.4 is 5.73 Å². The zero-order valence-corrected chi connectivity index (χ0v) is 13.3. The number of nitrogens with zero attached hydrogens (tertiary/aromatic N) is 3. The van der Waals surface area contributed by atoms with Crippen LogP contribution in [0, 0.1) is 12.8 Å². The number of nitrogens with one attached hydrogen (secondary N) is 1. The summed E-state index contributed by atoms with van der Waals surface area (Å²) in [5.41, 5.74) is 5.48. The molecule has 2 aromatic rings. The van der Waals surface area contributed by atoms with Gasteiger partial charge in [-0.05, 0) is 19.1 Å². The minimum atomic E-state index is -0.491. The number of carbonyl (C=O) groups is 2. The number of aryl methyl sites for hydroxylation is 1. The Hall–Kier alpha value is -1.93. The molecule has 2 unspecified atom stereocenters. The van der Waals surface area contributed by atoms with E-state index in [1.807, 2.05) is 0 Å². The second kappa shape index (κ2) is 5.69. The SMILES string of the molecule is Cc1nc(C2CN(C(=O)c3ccc(Cl)s3)CC2C(N)=O)n[nH]1. The highest BCUT2D eigenvalue weighted by Gasteiger charge is 2.41. The third kappa shape index (κ3) is 2.71. The van der Waals surface area contributed by atoms with Crippen molar-refractivity contribution in [1.29, 1.82) is 0 Å². The maximum absolute atomic E-state index is 12.5. The molecule has 0 aromatic carbocycles. The topological polar surface area (TPSA) is 105 Å². The molecule has 0 saturated carbocycles. The van der Waals surface area contributed by atoms with Gasteiger partial charge in [0.1, 0.15) is 5.82 Å². The fourth-order valence-electron chi connectivity index (χ4n) is 2.63. The average Bonchev–Trinajstić information content (AvgIpc) is 3.16. The van der Waals surface area contributed by atoms with Crippen molar-refractivity contribution in [3.63, 3.8) is 0 Å². The summed E-state index contributed by atoms with van der Waals surface area (Å²) in [6.45, 7) is 2.41. The summed E-state index contributed by atoms with van der Waals surface area (Å²) in [4.78, 5) is 30.6. The summed E-state index contributed by atoms with van der Waals surface area (Å²) >= 11 is 7.08. The number of amides is 2. The first-order chi connectivity index (χ1) is 10.5. The van der Waals surface area contributed by atoms with E-state index in [2.05, 4.69) is 15.2 Å². The van der Waals surface area contributed by atoms with E-state index in [0.717, 1.165) is 0 Å². The second-order valence-corrected chi connectivity index (χ2v) is 6.92. The summed E-state index contributed by atoms with van der Waals surface area (Å²) in [7, 11) is 0. The van der Waals surface area contributed by atoms with Gasteiger partial charge < -0.3 is 10.6 Å². The number of aromatic nitrogens is 3. The van der Waals surface area contributed by atoms with Gasteiger partial charge >= 0.3 is 0 Å². The Labute approximate surface area is 135 Å². The van der Waals surface area contributed by atoms with Gasteiger partial charge in [-0.1, -0.05) is 11.6 Å². The fourth-order valence-corrected chi connectivity index (χ4v) is 3.64. The average molecular weight is 340 g/mol. The quantitative estimate of drug-likeness (QED) is 0.875. The highest BCUT2D eigenvalue weighted by Crippen LogP contribution is 2.33. The molecular formula is C13H14ClN5O2S. The van der Waals surface area contributed by atoms with Crippen LogP contribution in [-0.2, 0) is 4.79 Å². The van der Waals surface area contributed by atoms with Crippen molar-refractivity contribution in [2.24, 2.45) is 11.7 Å². The Morgan fingerprint density at radius 1 is 1.45 bits per heavy atom. The van der Waals surface area contributed by atoms with E-state index >= 15 is 0 Å². The lowest BCUT2D eigenvalue weighted by Gasteiger charge is -2.14. The van der Waals surface area contributed by atoms with Crippen molar-refractivity contribution in [3.8, 4) is 0 Å². The van der Waals surface area contributed by atoms with Crippen LogP contribution >= 0.6 is 22.9 Å². The maximum Gasteiger partial charge on any atom is 0.264 e. The molecule has 3 rings (SSSR count). The fraction of sp³-hybridized carbons (Fsp3) is 0.385. The van der Waals surface area contributed by atoms with Gasteiger partial charge in [0.2, 0.25) is 5.91 Å². The normalized spacial score (nSPS) is 21.3. The number of hydrogen-bond donors (Lipinski definition) is 2. The molecule has 1 saturated heterocycles. The van der Waals surface area contributed by atoms with Crippen molar-refractivity contribution in [1.82, 2.24) is 20.1 Å². The molecule has 2 aromatic heterocycles. The van der Waals surface area contributed by atoms with Crippen molar-refractivity contribution in [2.75, 3.05) is 13.1 Å². The molecule has 3 N–H and O–H groups in total. The maximum atomic E-state index is 12.5. The molecule has 3 heterocycles. The lowest BCUT2D eigenvalue weighted by atomic mass is 9.95. The molecule has 1 fully saturated rings. The molecule has 1 aliphatic heterocycles. The van der Waals surface area contributed by atoms with Gasteiger partial charge in [0.25, 0.3) is 5.91 Å². The molecular weight excluding hydrogens is 326 g/mol. The first-order valence-corrected chi connectivity index (χ1v) is 7.88. The highest BCUT2D eigenvalue weighted by atomic mass is 35.5. The van der Waals surface area contributed by atoms with E-state index in [1.165, 1.54) is 11.3 Å². The van der Waals surface area contributed by atoms with Gasteiger partial charge in [-0.3, -0.25) is 14.7 Å². The van der Waals surface area contributed by atoms with Crippen molar-refractivity contribution < 1.29 is 9.59 Å². The van der Waals surface area contributed by atoms with Gasteiger partial charge in [0.05, 0.1) is 21.0 Å². The molecule has 2 atom stereocenters. The molecule has 0 aliphatic carbocycles. The minimum absolute atomic E-state index is 0.155. The summed E-state index contributed by atoms with van der Waals surface area (Å²) in [6.07, 6.45) is 0. The molecule has 22 heavy (non-hydrogen) atoms. The van der Waals surface area contributed by atoms with Crippen LogP contribution in [0.1, 0.15) is 27.2 Å². The summed E-state index contributed by atoms with van der Waals surface area (Å²) in [5.74, 6) is -0.213. The Morgan fingerprint density at radius 3 is 2.77 bits per heavy atom. The van der Waals surface area contributed by atoms with Crippen LogP contribution in [0.3, 0.4) is 0 Å². The molecule has 7 nitrogen and oxygen atoms in total. The van der Waals surface area contributed by atoms with Crippen molar-refractivity contribution in [2.45, 2.75) is 12.8 Å². The standard InChI is InChI=1S/C13H14ClN5O2S/c1-6-16-12(18-17-6)8-5-19(4-7(8)11(15)20)13(21)9-2-3-10(14)22-9/h2-3,7-8H,4-5H2,1H3,(H2,15,20)(H,16,17,18). The van der Waals surface area contributed by atoms with Gasteiger partial charge in [-0.25, -0.2) is 4.98 Å². The van der Waals surface area contributed by atoms with E-state index in [-0.39, 0.29) is 18.4 Å². The predicted molar refractivity (Wildman–Crippen MR) is 81.8 cm³/mol. The molecule has 9 heteroatoms. The summed E-state index contributed by atoms with van der Waals surface area (Å²) in [6, 6.07) is 3.36. The second-order valence-electron chi connectivity index (χ2n) is 5.21. The number of primary amides is 1. The molecule has 1 aliphatic rings. The zero-order valence-electron chi connectivity index (χ0n) is 11.7. The zero-order chi connectivity index (χ0) is 15.9. The first kappa shape index (κ1) is 15.0. The van der Waals surface area contributed by atoms with Gasteiger partial charge in [-0.2, -0.15) is 5.10 Å². The number of nitrogens with two attached hydrogens (primary N) is 1. The Morgan fingerprint density at radius 2 is 2.23 bits per heavy atom. The largest absolute Gasteiger partial charge is 0.369 e. The molecule has 2 amide bonds. The number of halogens is 1. The van der Waals surface area contributed by atoms with E-state index in [4.69, 9.17) is 17.3 Å². The van der Waals surface area contributed by atoms with E-state index < -0.39 is 11.8 Å². The smallest absolute Gasteiger partial charge is 0.264 e. The van der Waals surface area contributed by atoms with E-state index in [1.54, 1.807) is 24.0 Å². The lowest BCUT2D eigenvalue weighted by Crippen LogP contribution is -2.31. The number of aromatic amines is 1. The molecule has 0 spiro atoms. The van der Waals surface area contributed by atoms with E-state index in [0.29, 0.717) is 27.4 Å². The molecule has 116 valence electrons. The monoisotopic (exact) mass is 339 g/mol. The molecule has 0 bridgehead atoms. The van der Waals surface area contributed by atoms with Crippen LogP contribution in [0.4, 0.5) is 0 Å². The van der Waals surface area contributed by atoms with Crippen molar-refractivity contribution >= 4 is 34.8 Å². The van der Waals surface area contributed by atoms with Gasteiger partial charge in [-0.15, -0.1) is 11.3 Å². The van der Waals surface area contributed by atoms with Crippen LogP contribution in [0.2, 0.25) is 4.34 Å². The third-order valence-electron chi connectivity index (χ3n) is 3.70. The highest BCUT2D eigenvalue weighted by molar-refractivity contribution is 7.17. The van der Waals surface area contributed by atoms with Crippen LogP contribution in [0.5, 0.6) is 0 Å². The van der Waals surface area contributed by atoms with Crippen LogP contribution in [0.25, 0.3) is 0 Å². The number of H-pyrrole nitrogens is 1. The van der Waals surface area contributed by atoms with Crippen LogP contribution in [0.15, 0.2) is 12.1 Å². The van der Waals surface area contributed by atoms with E-state index in [9.17, 15) is 9.59 Å². The van der Waals surface area contributed by atoms with Gasteiger partial charge in [0, 0.05) is 13.1 Å². The Bertz CT molecular complexity index is 728. The number of carbonyl (C=O) groups excluding carboxylic acids is 2. The molecule has 0 radical (unpaired) electrons.